The number of hydrogen-bond donors (Lipinski definition) is 1. The fourth-order valence-corrected chi connectivity index (χ4v) is 3.07. The zero-order chi connectivity index (χ0) is 17.6. The number of nitrogens with zero attached hydrogens (tertiary/aromatic N) is 1. The number of sulfonamides is 1. The monoisotopic (exact) mass is 350 g/mol. The van der Waals surface area contributed by atoms with Crippen molar-refractivity contribution in [2.45, 2.75) is 6.42 Å². The van der Waals surface area contributed by atoms with Crippen molar-refractivity contribution >= 4 is 21.6 Å². The molecule has 0 radical (unpaired) electrons. The molecule has 0 fully saturated rings. The van der Waals surface area contributed by atoms with E-state index in [4.69, 9.17) is 0 Å². The van der Waals surface area contributed by atoms with Crippen LogP contribution in [0.15, 0.2) is 54.6 Å². The predicted molar refractivity (Wildman–Crippen MR) is 91.7 cm³/mol. The van der Waals surface area contributed by atoms with E-state index in [-0.39, 0.29) is 5.69 Å². The van der Waals surface area contributed by atoms with Crippen molar-refractivity contribution < 1.29 is 17.6 Å². The Labute approximate surface area is 141 Å². The van der Waals surface area contributed by atoms with Gasteiger partial charge in [-0.05, 0) is 24.1 Å². The van der Waals surface area contributed by atoms with Gasteiger partial charge in [0, 0.05) is 6.54 Å². The molecule has 0 aliphatic rings. The third-order valence-corrected chi connectivity index (χ3v) is 4.51. The van der Waals surface area contributed by atoms with Crippen LogP contribution in [0.1, 0.15) is 5.56 Å². The molecule has 0 aliphatic heterocycles. The van der Waals surface area contributed by atoms with Gasteiger partial charge in [-0.1, -0.05) is 42.5 Å². The van der Waals surface area contributed by atoms with Crippen LogP contribution in [0.2, 0.25) is 0 Å². The van der Waals surface area contributed by atoms with Gasteiger partial charge in [0.1, 0.15) is 12.4 Å². The molecular weight excluding hydrogens is 331 g/mol. The molecule has 1 N–H and O–H groups in total. The largest absolute Gasteiger partial charge is 0.354 e. The summed E-state index contributed by atoms with van der Waals surface area (Å²) < 4.78 is 38.4. The van der Waals surface area contributed by atoms with Crippen molar-refractivity contribution in [3.05, 3.63) is 66.0 Å². The number of nitrogens with one attached hydrogen (secondary N) is 1. The summed E-state index contributed by atoms with van der Waals surface area (Å²) in [5.41, 5.74) is 0.921. The van der Waals surface area contributed by atoms with Gasteiger partial charge in [0.05, 0.1) is 11.9 Å². The van der Waals surface area contributed by atoms with E-state index in [2.05, 4.69) is 5.32 Å². The van der Waals surface area contributed by atoms with E-state index in [1.165, 1.54) is 18.2 Å². The molecule has 0 aromatic heterocycles. The van der Waals surface area contributed by atoms with Crippen LogP contribution < -0.4 is 9.62 Å². The molecule has 2 rings (SSSR count). The molecule has 24 heavy (non-hydrogen) atoms. The van der Waals surface area contributed by atoms with Crippen molar-refractivity contribution in [1.82, 2.24) is 5.32 Å². The van der Waals surface area contributed by atoms with Crippen LogP contribution in [0, 0.1) is 5.82 Å². The zero-order valence-corrected chi connectivity index (χ0v) is 14.1. The average Bonchev–Trinajstić information content (AvgIpc) is 2.53. The van der Waals surface area contributed by atoms with Gasteiger partial charge in [0.15, 0.2) is 0 Å². The lowest BCUT2D eigenvalue weighted by Gasteiger charge is -2.22. The van der Waals surface area contributed by atoms with Crippen LogP contribution in [-0.2, 0) is 21.2 Å². The third kappa shape index (κ3) is 5.06. The van der Waals surface area contributed by atoms with Gasteiger partial charge in [0.2, 0.25) is 15.9 Å². The first-order valence-corrected chi connectivity index (χ1v) is 9.25. The van der Waals surface area contributed by atoms with Crippen molar-refractivity contribution in [3.8, 4) is 0 Å². The number of benzene rings is 2. The summed E-state index contributed by atoms with van der Waals surface area (Å²) in [6.45, 7) is -0.0910. The highest BCUT2D eigenvalue weighted by Crippen LogP contribution is 2.20. The molecular formula is C17H19FN2O3S. The van der Waals surface area contributed by atoms with Gasteiger partial charge in [-0.25, -0.2) is 12.8 Å². The Morgan fingerprint density at radius 3 is 2.33 bits per heavy atom. The minimum atomic E-state index is -3.78. The number of carbonyl (C=O) groups excluding carboxylic acids is 1. The Bertz CT molecular complexity index is 794. The molecule has 1 amide bonds. The summed E-state index contributed by atoms with van der Waals surface area (Å²) in [6, 6.07) is 15.0. The molecule has 0 heterocycles. The molecule has 0 spiro atoms. The summed E-state index contributed by atoms with van der Waals surface area (Å²) in [4.78, 5) is 12.0. The summed E-state index contributed by atoms with van der Waals surface area (Å²) in [6.07, 6.45) is 1.57. The summed E-state index contributed by atoms with van der Waals surface area (Å²) in [5.74, 6) is -1.18. The van der Waals surface area contributed by atoms with Gasteiger partial charge < -0.3 is 5.32 Å². The summed E-state index contributed by atoms with van der Waals surface area (Å²) in [7, 11) is -3.78. The number of halogens is 1. The number of hydrogen-bond acceptors (Lipinski definition) is 3. The lowest BCUT2D eigenvalue weighted by atomic mass is 10.1. The van der Waals surface area contributed by atoms with E-state index in [1.807, 2.05) is 30.3 Å². The van der Waals surface area contributed by atoms with E-state index in [1.54, 1.807) is 0 Å². The Morgan fingerprint density at radius 1 is 1.08 bits per heavy atom. The molecule has 0 saturated carbocycles. The first-order valence-electron chi connectivity index (χ1n) is 7.41. The number of amides is 1. The predicted octanol–water partition coefficient (Wildman–Crippen LogP) is 1.95. The summed E-state index contributed by atoms with van der Waals surface area (Å²) >= 11 is 0. The number of anilines is 1. The Kier molecular flexibility index (Phi) is 5.92. The van der Waals surface area contributed by atoms with E-state index < -0.39 is 28.3 Å². The standard InChI is InChI=1S/C17H19FN2O3S/c1-24(22,23)20(16-10-6-5-9-15(16)18)13-17(21)19-12-11-14-7-3-2-4-8-14/h2-10H,11-13H2,1H3,(H,19,21). The Morgan fingerprint density at radius 2 is 1.71 bits per heavy atom. The molecule has 2 aromatic carbocycles. The SMILES string of the molecule is CS(=O)(=O)N(CC(=O)NCCc1ccccc1)c1ccccc1F. The van der Waals surface area contributed by atoms with Crippen molar-refractivity contribution in [2.75, 3.05) is 23.7 Å². The maximum absolute atomic E-state index is 13.9. The molecule has 2 aromatic rings. The van der Waals surface area contributed by atoms with Gasteiger partial charge in [-0.2, -0.15) is 0 Å². The van der Waals surface area contributed by atoms with Crippen molar-refractivity contribution in [1.29, 1.82) is 0 Å². The quantitative estimate of drug-likeness (QED) is 0.830. The average molecular weight is 350 g/mol. The van der Waals surface area contributed by atoms with E-state index in [9.17, 15) is 17.6 Å². The van der Waals surface area contributed by atoms with Crippen LogP contribution in [0.4, 0.5) is 10.1 Å². The van der Waals surface area contributed by atoms with Crippen molar-refractivity contribution in [3.63, 3.8) is 0 Å². The molecule has 0 atom stereocenters. The van der Waals surface area contributed by atoms with E-state index in [0.717, 1.165) is 22.2 Å². The second-order valence-corrected chi connectivity index (χ2v) is 7.21. The first-order chi connectivity index (χ1) is 11.4. The second kappa shape index (κ2) is 7.92. The second-order valence-electron chi connectivity index (χ2n) is 5.31. The molecule has 0 saturated heterocycles. The highest BCUT2D eigenvalue weighted by Gasteiger charge is 2.23. The number of carbonyl (C=O) groups is 1. The molecule has 7 heteroatoms. The van der Waals surface area contributed by atoms with E-state index >= 15 is 0 Å². The first kappa shape index (κ1) is 17.9. The highest BCUT2D eigenvalue weighted by atomic mass is 32.2. The van der Waals surface area contributed by atoms with Crippen LogP contribution in [0.5, 0.6) is 0 Å². The zero-order valence-electron chi connectivity index (χ0n) is 13.3. The van der Waals surface area contributed by atoms with Crippen LogP contribution in [0.3, 0.4) is 0 Å². The third-order valence-electron chi connectivity index (χ3n) is 3.39. The molecule has 0 unspecified atom stereocenters. The van der Waals surface area contributed by atoms with Crippen LogP contribution in [0.25, 0.3) is 0 Å². The molecule has 5 nitrogen and oxygen atoms in total. The van der Waals surface area contributed by atoms with Crippen LogP contribution >= 0.6 is 0 Å². The number of rotatable bonds is 7. The minimum absolute atomic E-state index is 0.141. The van der Waals surface area contributed by atoms with Gasteiger partial charge in [0.25, 0.3) is 0 Å². The lowest BCUT2D eigenvalue weighted by molar-refractivity contribution is -0.119. The topological polar surface area (TPSA) is 66.5 Å². The maximum Gasteiger partial charge on any atom is 0.240 e. The molecule has 128 valence electrons. The van der Waals surface area contributed by atoms with Gasteiger partial charge in [-0.3, -0.25) is 9.10 Å². The van der Waals surface area contributed by atoms with Gasteiger partial charge in [-0.15, -0.1) is 0 Å². The molecule has 0 bridgehead atoms. The maximum atomic E-state index is 13.9. The fraction of sp³-hybridized carbons (Fsp3) is 0.235. The molecule has 0 aliphatic carbocycles. The summed E-state index contributed by atoms with van der Waals surface area (Å²) in [5, 5.41) is 2.66. The number of para-hydroxylation sites is 1. The van der Waals surface area contributed by atoms with Crippen molar-refractivity contribution in [2.24, 2.45) is 0 Å². The minimum Gasteiger partial charge on any atom is -0.354 e. The van der Waals surface area contributed by atoms with E-state index in [0.29, 0.717) is 13.0 Å². The Hall–Kier alpha value is -2.41. The lowest BCUT2D eigenvalue weighted by Crippen LogP contribution is -2.41. The highest BCUT2D eigenvalue weighted by molar-refractivity contribution is 7.92. The Balaban J connectivity index is 2.00. The normalized spacial score (nSPS) is 11.1. The fourth-order valence-electron chi connectivity index (χ4n) is 2.21. The van der Waals surface area contributed by atoms with Crippen LogP contribution in [-0.4, -0.2) is 33.7 Å². The smallest absolute Gasteiger partial charge is 0.240 e. The van der Waals surface area contributed by atoms with Gasteiger partial charge >= 0.3 is 0 Å².